The van der Waals surface area contributed by atoms with Crippen LogP contribution >= 0.6 is 0 Å². The second-order valence-electron chi connectivity index (χ2n) is 19.0. The van der Waals surface area contributed by atoms with Crippen LogP contribution in [0.5, 0.6) is 5.75 Å². The first-order chi connectivity index (χ1) is 31.3. The van der Waals surface area contributed by atoms with Crippen LogP contribution in [0, 0.1) is 17.3 Å². The van der Waals surface area contributed by atoms with Crippen LogP contribution in [0.3, 0.4) is 0 Å². The predicted molar refractivity (Wildman–Crippen MR) is 246 cm³/mol. The van der Waals surface area contributed by atoms with E-state index in [0.717, 1.165) is 43.8 Å². The summed E-state index contributed by atoms with van der Waals surface area (Å²) in [4.78, 5) is 88.7. The molecule has 2 saturated heterocycles. The Morgan fingerprint density at radius 2 is 1.83 bits per heavy atom. The monoisotopic (exact) mass is 906 g/mol. The third-order valence-corrected chi connectivity index (χ3v) is 13.1. The van der Waals surface area contributed by atoms with E-state index in [4.69, 9.17) is 15.2 Å². The highest BCUT2D eigenvalue weighted by Crippen LogP contribution is 2.41. The maximum atomic E-state index is 14.7. The minimum atomic E-state index is -1.24. The van der Waals surface area contributed by atoms with Crippen LogP contribution in [0.4, 0.5) is 0 Å². The number of aryl methyl sites for hydroxylation is 1. The molecular weight excluding hydrogens is 845 g/mol. The van der Waals surface area contributed by atoms with Crippen molar-refractivity contribution in [3.63, 3.8) is 0 Å². The van der Waals surface area contributed by atoms with Crippen molar-refractivity contribution in [2.75, 3.05) is 33.9 Å². The van der Waals surface area contributed by atoms with Crippen molar-refractivity contribution in [3.8, 4) is 28.1 Å². The molecular formula is C49H62N8O9. The number of nitrogens with two attached hydrogens (primary N) is 1. The van der Waals surface area contributed by atoms with Gasteiger partial charge in [0.25, 0.3) is 5.91 Å². The number of benzene rings is 2. The summed E-state index contributed by atoms with van der Waals surface area (Å²) in [7, 11) is 3.07. The highest BCUT2D eigenvalue weighted by Gasteiger charge is 2.45. The van der Waals surface area contributed by atoms with E-state index in [9.17, 15) is 33.9 Å². The SMILES string of the molecule is CCn1c(-c2cnccc2COC)c2c3cc(ccc31)-c1cc(O)cc(c1)C[C@H](NC(=O)[C@H](C(C)C)N(C)C(=O)CN1C(=O)[C@@H](N)[C@@H](C)C1=O)C(=O)N1CCC[C@H](N1)C(=O)OCC(C)(C)C2. The Kier molecular flexibility index (Phi) is 14.0. The van der Waals surface area contributed by atoms with Gasteiger partial charge in [-0.25, -0.2) is 5.43 Å². The van der Waals surface area contributed by atoms with Gasteiger partial charge in [-0.05, 0) is 90.3 Å². The van der Waals surface area contributed by atoms with Gasteiger partial charge in [-0.3, -0.25) is 43.7 Å². The second kappa shape index (κ2) is 19.4. The Morgan fingerprint density at radius 1 is 1.08 bits per heavy atom. The maximum Gasteiger partial charge on any atom is 0.324 e. The van der Waals surface area contributed by atoms with Crippen LogP contribution < -0.4 is 16.5 Å². The molecule has 17 nitrogen and oxygen atoms in total. The molecule has 5 heterocycles. The Balaban J connectivity index is 1.30. The number of likely N-dealkylation sites (N-methyl/N-ethyl adjacent to an activating group) is 1. The lowest BCUT2D eigenvalue weighted by Crippen LogP contribution is -2.62. The average Bonchev–Trinajstić information content (AvgIpc) is 3.68. The largest absolute Gasteiger partial charge is 0.508 e. The number of aromatic nitrogens is 2. The van der Waals surface area contributed by atoms with Gasteiger partial charge < -0.3 is 35.1 Å². The minimum absolute atomic E-state index is 0.0494. The molecule has 0 saturated carbocycles. The van der Waals surface area contributed by atoms with Gasteiger partial charge in [0.15, 0.2) is 0 Å². The number of esters is 1. The van der Waals surface area contributed by atoms with E-state index in [1.807, 2.05) is 24.4 Å². The molecule has 352 valence electrons. The topological polar surface area (TPSA) is 219 Å². The Morgan fingerprint density at radius 3 is 2.52 bits per heavy atom. The summed E-state index contributed by atoms with van der Waals surface area (Å²) in [6.07, 6.45) is 4.94. The number of carbonyl (C=O) groups excluding carboxylic acids is 6. The number of nitrogens with one attached hydrogen (secondary N) is 2. The van der Waals surface area contributed by atoms with E-state index in [1.165, 1.54) is 23.9 Å². The van der Waals surface area contributed by atoms with Crippen LogP contribution in [-0.4, -0.2) is 123 Å². The fraction of sp³-hybridized carbons (Fsp3) is 0.490. The minimum Gasteiger partial charge on any atom is -0.508 e. The Labute approximate surface area is 384 Å². The molecule has 5 N–H and O–H groups in total. The first-order valence-corrected chi connectivity index (χ1v) is 22.7. The average molecular weight is 907 g/mol. The van der Waals surface area contributed by atoms with Crippen molar-refractivity contribution in [2.45, 2.75) is 105 Å². The van der Waals surface area contributed by atoms with E-state index in [1.54, 1.807) is 39.3 Å². The second-order valence-corrected chi connectivity index (χ2v) is 19.0. The Hall–Kier alpha value is -6.17. The summed E-state index contributed by atoms with van der Waals surface area (Å²) >= 11 is 0. The number of fused-ring (bicyclic) bond motifs is 6. The van der Waals surface area contributed by atoms with Gasteiger partial charge in [-0.2, -0.15) is 0 Å². The van der Waals surface area contributed by atoms with E-state index in [-0.39, 0.29) is 25.3 Å². The number of phenolic OH excluding ortho intramolecular Hbond substituents is 1. The molecule has 2 fully saturated rings. The fourth-order valence-electron chi connectivity index (χ4n) is 9.57. The number of nitrogens with zero attached hydrogens (tertiary/aromatic N) is 5. The third kappa shape index (κ3) is 9.55. The molecule has 3 aliphatic rings. The number of hydrogen-bond donors (Lipinski definition) is 4. The lowest BCUT2D eigenvalue weighted by molar-refractivity contribution is -0.155. The van der Waals surface area contributed by atoms with Crippen LogP contribution in [-0.2, 0) is 64.2 Å². The zero-order valence-electron chi connectivity index (χ0n) is 39.1. The number of ether oxygens (including phenoxy) is 2. The molecule has 2 aromatic heterocycles. The molecule has 4 aromatic rings. The number of methoxy groups -OCH3 is 1. The fourth-order valence-corrected chi connectivity index (χ4v) is 9.57. The predicted octanol–water partition coefficient (Wildman–Crippen LogP) is 3.71. The number of rotatable bonds is 10. The summed E-state index contributed by atoms with van der Waals surface area (Å²) in [5.74, 6) is -4.93. The van der Waals surface area contributed by atoms with Crippen molar-refractivity contribution in [2.24, 2.45) is 23.0 Å². The quantitative estimate of drug-likeness (QED) is 0.132. The highest BCUT2D eigenvalue weighted by molar-refractivity contribution is 6.09. The number of aromatic hydroxyl groups is 1. The van der Waals surface area contributed by atoms with Crippen LogP contribution in [0.25, 0.3) is 33.3 Å². The van der Waals surface area contributed by atoms with E-state index >= 15 is 0 Å². The molecule has 0 radical (unpaired) electrons. The number of hydrazine groups is 1. The normalized spacial score (nSPS) is 21.8. The van der Waals surface area contributed by atoms with E-state index in [0.29, 0.717) is 43.5 Å². The van der Waals surface area contributed by atoms with Gasteiger partial charge in [0.2, 0.25) is 23.6 Å². The van der Waals surface area contributed by atoms with Gasteiger partial charge in [-0.1, -0.05) is 46.8 Å². The number of cyclic esters (lactones) is 1. The standard InChI is InChI=1S/C49H62N8O9/c1-9-55-39-13-12-30-21-34(39)35(43(55)36-23-51-15-14-31(36)25-65-8)22-49(5,6)26-66-48(64)37-11-10-16-57(53-37)46(62)38(19-29-17-32(30)20-33(58)18-29)52-44(60)42(27(2)3)54(7)40(59)24-56-45(61)28(4)41(50)47(56)63/h12-15,17-18,20-21,23,27-28,37-38,41-42,53,58H,9-11,16,19,22,24-26,50H2,1-8H3,(H,52,60)/t28-,37+,38+,41+,42+/m1/s1. The van der Waals surface area contributed by atoms with Gasteiger partial charge in [-0.15, -0.1) is 0 Å². The summed E-state index contributed by atoms with van der Waals surface area (Å²) in [6, 6.07) is 8.89. The van der Waals surface area contributed by atoms with E-state index in [2.05, 4.69) is 53.2 Å². The molecule has 2 aromatic carbocycles. The Bertz CT molecular complexity index is 2530. The number of imide groups is 1. The molecule has 5 atom stereocenters. The van der Waals surface area contributed by atoms with Gasteiger partial charge in [0, 0.05) is 67.9 Å². The van der Waals surface area contributed by atoms with Crippen molar-refractivity contribution >= 4 is 46.4 Å². The number of pyridine rings is 1. The lowest BCUT2D eigenvalue weighted by atomic mass is 9.84. The highest BCUT2D eigenvalue weighted by atomic mass is 16.5. The first kappa shape index (κ1) is 47.8. The molecule has 7 rings (SSSR count). The van der Waals surface area contributed by atoms with Crippen molar-refractivity contribution in [3.05, 3.63) is 71.5 Å². The third-order valence-electron chi connectivity index (χ3n) is 13.1. The van der Waals surface area contributed by atoms with Crippen LogP contribution in [0.1, 0.15) is 71.1 Å². The number of amides is 5. The zero-order chi connectivity index (χ0) is 47.8. The summed E-state index contributed by atoms with van der Waals surface area (Å²) in [5.41, 5.74) is 15.3. The molecule has 3 aliphatic heterocycles. The summed E-state index contributed by atoms with van der Waals surface area (Å²) in [6.45, 7) is 11.9. The van der Waals surface area contributed by atoms with Crippen LogP contribution in [0.2, 0.25) is 0 Å². The van der Waals surface area contributed by atoms with E-state index < -0.39 is 83.5 Å². The molecule has 66 heavy (non-hydrogen) atoms. The molecule has 6 bridgehead atoms. The number of likely N-dealkylation sites (tertiary alicyclic amines) is 1. The molecule has 0 spiro atoms. The van der Waals surface area contributed by atoms with Gasteiger partial charge in [0.05, 0.1) is 30.9 Å². The van der Waals surface area contributed by atoms with Crippen LogP contribution in [0.15, 0.2) is 54.9 Å². The van der Waals surface area contributed by atoms with Crippen molar-refractivity contribution in [1.82, 2.24) is 35.1 Å². The molecule has 0 unspecified atom stereocenters. The number of hydrogen-bond acceptors (Lipinski definition) is 12. The number of carbonyl (C=O) groups is 6. The lowest BCUT2D eigenvalue weighted by Gasteiger charge is -2.37. The smallest absolute Gasteiger partial charge is 0.324 e. The summed E-state index contributed by atoms with van der Waals surface area (Å²) in [5, 5.41) is 16.5. The zero-order valence-corrected chi connectivity index (χ0v) is 39.1. The van der Waals surface area contributed by atoms with Gasteiger partial charge >= 0.3 is 5.97 Å². The van der Waals surface area contributed by atoms with Crippen molar-refractivity contribution in [1.29, 1.82) is 0 Å². The van der Waals surface area contributed by atoms with Gasteiger partial charge in [0.1, 0.15) is 30.4 Å². The first-order valence-electron chi connectivity index (χ1n) is 22.7. The van der Waals surface area contributed by atoms with Crippen molar-refractivity contribution < 1.29 is 43.3 Å². The molecule has 5 amide bonds. The molecule has 0 aliphatic carbocycles. The maximum absolute atomic E-state index is 14.7. The molecule has 17 heteroatoms. The summed E-state index contributed by atoms with van der Waals surface area (Å²) < 4.78 is 14.0. The number of phenols is 1.